The number of nitrogens with one attached hydrogen (secondary N) is 1. The molecule has 3 rings (SSSR count). The highest BCUT2D eigenvalue weighted by molar-refractivity contribution is 6.09. The van der Waals surface area contributed by atoms with Gasteiger partial charge in [0, 0.05) is 13.1 Å². The first kappa shape index (κ1) is 20.6. The van der Waals surface area contributed by atoms with Crippen LogP contribution in [0.15, 0.2) is 0 Å². The average Bonchev–Trinajstić information content (AvgIpc) is 2.86. The molecule has 1 N–H and O–H groups in total. The van der Waals surface area contributed by atoms with Crippen LogP contribution in [0.25, 0.3) is 0 Å². The molecule has 4 atom stereocenters. The van der Waals surface area contributed by atoms with Gasteiger partial charge in [-0.05, 0) is 32.6 Å². The molecule has 4 amide bonds. The van der Waals surface area contributed by atoms with Crippen LogP contribution in [0.4, 0.5) is 4.79 Å². The van der Waals surface area contributed by atoms with E-state index in [0.29, 0.717) is 19.5 Å². The third kappa shape index (κ3) is 3.99. The number of carbonyl (C=O) groups is 4. The molecule has 3 aliphatic rings. The maximum Gasteiger partial charge on any atom is 0.326 e. The normalized spacial score (nSPS) is 33.2. The summed E-state index contributed by atoms with van der Waals surface area (Å²) in [7, 11) is 0. The fraction of sp³-hybridized carbons (Fsp3) is 0.789. The van der Waals surface area contributed by atoms with Crippen molar-refractivity contribution in [1.29, 1.82) is 0 Å². The van der Waals surface area contributed by atoms with Gasteiger partial charge in [-0.3, -0.25) is 19.3 Å². The highest BCUT2D eigenvalue weighted by atomic mass is 16.5. The van der Waals surface area contributed by atoms with Gasteiger partial charge in [0.15, 0.2) is 6.61 Å². The molecule has 0 aromatic rings. The lowest BCUT2D eigenvalue weighted by molar-refractivity contribution is -0.158. The van der Waals surface area contributed by atoms with Gasteiger partial charge in [-0.25, -0.2) is 4.79 Å². The van der Waals surface area contributed by atoms with Crippen molar-refractivity contribution in [3.05, 3.63) is 0 Å². The minimum absolute atomic E-state index is 0.0191. The number of esters is 1. The molecule has 2 saturated heterocycles. The van der Waals surface area contributed by atoms with Crippen molar-refractivity contribution in [3.8, 4) is 0 Å². The van der Waals surface area contributed by atoms with Crippen LogP contribution in [-0.4, -0.2) is 77.6 Å². The van der Waals surface area contributed by atoms with Gasteiger partial charge in [0.2, 0.25) is 0 Å². The van der Waals surface area contributed by atoms with Gasteiger partial charge in [0.25, 0.3) is 11.8 Å². The maximum atomic E-state index is 12.8. The Morgan fingerprint density at radius 2 is 1.86 bits per heavy atom. The van der Waals surface area contributed by atoms with Crippen molar-refractivity contribution >= 4 is 23.8 Å². The first-order chi connectivity index (χ1) is 13.2. The van der Waals surface area contributed by atoms with Gasteiger partial charge in [0.05, 0.1) is 12.2 Å². The highest BCUT2D eigenvalue weighted by Crippen LogP contribution is 2.38. The van der Waals surface area contributed by atoms with Gasteiger partial charge < -0.3 is 19.7 Å². The molecule has 2 aliphatic heterocycles. The van der Waals surface area contributed by atoms with Crippen molar-refractivity contribution in [1.82, 2.24) is 15.1 Å². The van der Waals surface area contributed by atoms with E-state index in [-0.39, 0.29) is 29.9 Å². The summed E-state index contributed by atoms with van der Waals surface area (Å²) in [5.74, 6) is -1.44. The number of carbonyl (C=O) groups excluding carboxylic acids is 4. The quantitative estimate of drug-likeness (QED) is 0.554. The molecule has 0 radical (unpaired) electrons. The van der Waals surface area contributed by atoms with Crippen molar-refractivity contribution in [2.45, 2.75) is 64.2 Å². The van der Waals surface area contributed by atoms with Gasteiger partial charge in [-0.15, -0.1) is 0 Å². The topological polar surface area (TPSA) is 105 Å². The SMILES string of the molecule is C[C@@H]1CN(C(=O)COC(=O)CN2C(=O)N[C@@]3(CCCC[C@H]3C)C2=O)C[C@H](C)O1. The molecule has 156 valence electrons. The Morgan fingerprint density at radius 1 is 1.18 bits per heavy atom. The lowest BCUT2D eigenvalue weighted by Crippen LogP contribution is -2.54. The first-order valence-corrected chi connectivity index (χ1v) is 9.96. The molecule has 2 heterocycles. The van der Waals surface area contributed by atoms with E-state index in [1.165, 1.54) is 0 Å². The molecular formula is C19H29N3O6. The minimum atomic E-state index is -0.911. The number of ether oxygens (including phenoxy) is 2. The zero-order valence-corrected chi connectivity index (χ0v) is 16.7. The smallest absolute Gasteiger partial charge is 0.326 e. The van der Waals surface area contributed by atoms with E-state index < -0.39 is 30.7 Å². The molecule has 1 spiro atoms. The van der Waals surface area contributed by atoms with Gasteiger partial charge in [-0.2, -0.15) is 0 Å². The molecule has 28 heavy (non-hydrogen) atoms. The zero-order valence-electron chi connectivity index (χ0n) is 16.7. The van der Waals surface area contributed by atoms with E-state index >= 15 is 0 Å². The molecular weight excluding hydrogens is 366 g/mol. The monoisotopic (exact) mass is 395 g/mol. The van der Waals surface area contributed by atoms with Crippen LogP contribution in [0.3, 0.4) is 0 Å². The van der Waals surface area contributed by atoms with Crippen LogP contribution in [0, 0.1) is 5.92 Å². The van der Waals surface area contributed by atoms with Crippen molar-refractivity contribution in [2.24, 2.45) is 5.92 Å². The number of morpholine rings is 1. The predicted molar refractivity (Wildman–Crippen MR) is 98.2 cm³/mol. The number of amides is 4. The van der Waals surface area contributed by atoms with Gasteiger partial charge in [-0.1, -0.05) is 19.8 Å². The first-order valence-electron chi connectivity index (χ1n) is 9.96. The zero-order chi connectivity index (χ0) is 20.5. The summed E-state index contributed by atoms with van der Waals surface area (Å²) >= 11 is 0. The molecule has 0 unspecified atom stereocenters. The fourth-order valence-corrected chi connectivity index (χ4v) is 4.43. The molecule has 0 aromatic carbocycles. The molecule has 9 heteroatoms. The lowest BCUT2D eigenvalue weighted by atomic mass is 9.73. The van der Waals surface area contributed by atoms with E-state index in [2.05, 4.69) is 5.32 Å². The average molecular weight is 395 g/mol. The Balaban J connectivity index is 1.53. The van der Waals surface area contributed by atoms with Crippen molar-refractivity contribution in [2.75, 3.05) is 26.2 Å². The number of rotatable bonds is 4. The molecule has 1 saturated carbocycles. The van der Waals surface area contributed by atoms with Crippen LogP contribution in [-0.2, 0) is 23.9 Å². The Labute approximate surface area is 164 Å². The Kier molecular flexibility index (Phi) is 5.92. The number of hydrogen-bond acceptors (Lipinski definition) is 6. The summed E-state index contributed by atoms with van der Waals surface area (Å²) in [6.45, 7) is 5.68. The number of nitrogens with zero attached hydrogens (tertiary/aromatic N) is 2. The lowest BCUT2D eigenvalue weighted by Gasteiger charge is -2.36. The maximum absolute atomic E-state index is 12.8. The summed E-state index contributed by atoms with van der Waals surface area (Å²) in [6, 6.07) is -0.571. The molecule has 0 bridgehead atoms. The minimum Gasteiger partial charge on any atom is -0.454 e. The van der Waals surface area contributed by atoms with E-state index in [1.807, 2.05) is 20.8 Å². The summed E-state index contributed by atoms with van der Waals surface area (Å²) in [6.07, 6.45) is 3.16. The molecule has 3 fully saturated rings. The van der Waals surface area contributed by atoms with Gasteiger partial charge >= 0.3 is 12.0 Å². The number of hydrogen-bond donors (Lipinski definition) is 1. The van der Waals surface area contributed by atoms with Crippen molar-refractivity contribution < 1.29 is 28.7 Å². The summed E-state index contributed by atoms with van der Waals surface area (Å²) in [5.41, 5.74) is -0.911. The van der Waals surface area contributed by atoms with E-state index in [4.69, 9.17) is 9.47 Å². The molecule has 9 nitrogen and oxygen atoms in total. The second-order valence-corrected chi connectivity index (χ2v) is 8.16. The van der Waals surface area contributed by atoms with E-state index in [9.17, 15) is 19.2 Å². The van der Waals surface area contributed by atoms with Gasteiger partial charge in [0.1, 0.15) is 12.1 Å². The largest absolute Gasteiger partial charge is 0.454 e. The fourth-order valence-electron chi connectivity index (χ4n) is 4.43. The van der Waals surface area contributed by atoms with Crippen LogP contribution >= 0.6 is 0 Å². The molecule has 1 aliphatic carbocycles. The Bertz CT molecular complexity index is 658. The third-order valence-electron chi connectivity index (χ3n) is 5.92. The molecule has 0 aromatic heterocycles. The summed E-state index contributed by atoms with van der Waals surface area (Å²) in [5, 5.41) is 2.79. The second kappa shape index (κ2) is 8.06. The standard InChI is InChI=1S/C19H29N3O6/c1-12-6-4-5-7-19(12)17(25)22(18(26)20-19)10-16(24)27-11-15(23)21-8-13(2)28-14(3)9-21/h12-14H,4-11H2,1-3H3,(H,20,26)/t12-,13-,14+,19-/m1/s1. The highest BCUT2D eigenvalue weighted by Gasteiger charge is 2.55. The van der Waals surface area contributed by atoms with Crippen molar-refractivity contribution in [3.63, 3.8) is 0 Å². The summed E-state index contributed by atoms with van der Waals surface area (Å²) in [4.78, 5) is 52.1. The van der Waals surface area contributed by atoms with Crippen LogP contribution in [0.5, 0.6) is 0 Å². The van der Waals surface area contributed by atoms with E-state index in [1.54, 1.807) is 4.90 Å². The Morgan fingerprint density at radius 3 is 2.50 bits per heavy atom. The second-order valence-electron chi connectivity index (χ2n) is 8.16. The number of imide groups is 1. The Hall–Kier alpha value is -2.16. The predicted octanol–water partition coefficient (Wildman–Crippen LogP) is 0.666. The van der Waals surface area contributed by atoms with Crippen LogP contribution in [0.1, 0.15) is 46.5 Å². The van der Waals surface area contributed by atoms with E-state index in [0.717, 1.165) is 24.2 Å². The summed E-state index contributed by atoms with van der Waals surface area (Å²) < 4.78 is 10.6. The number of urea groups is 1. The van der Waals surface area contributed by atoms with Crippen LogP contribution in [0.2, 0.25) is 0 Å². The van der Waals surface area contributed by atoms with Crippen LogP contribution < -0.4 is 5.32 Å². The third-order valence-corrected chi connectivity index (χ3v) is 5.92.